The van der Waals surface area contributed by atoms with Crippen LogP contribution in [0.25, 0.3) is 0 Å². The Morgan fingerprint density at radius 2 is 0.935 bits per heavy atom. The van der Waals surface area contributed by atoms with Gasteiger partial charge in [-0.3, -0.25) is 0 Å². The first kappa shape index (κ1) is 32.0. The van der Waals surface area contributed by atoms with E-state index in [1.807, 2.05) is 0 Å². The van der Waals surface area contributed by atoms with Gasteiger partial charge in [-0.25, -0.2) is 0 Å². The van der Waals surface area contributed by atoms with Gasteiger partial charge in [0.1, 0.15) is 0 Å². The molecule has 0 unspecified atom stereocenters. The molecule has 0 heterocycles. The topological polar surface area (TPSA) is 63.2 Å². The first-order valence-electron chi connectivity index (χ1n) is 10.9. The van der Waals surface area contributed by atoms with Gasteiger partial charge in [0.05, 0.1) is 0 Å². The Labute approximate surface area is 234 Å². The molecule has 0 saturated carbocycles. The molecule has 0 amide bonds. The Bertz CT molecular complexity index is 672. The van der Waals surface area contributed by atoms with Gasteiger partial charge in [-0.05, 0) is 43.7 Å². The quantitative estimate of drug-likeness (QED) is 0.186. The van der Waals surface area contributed by atoms with Crippen molar-refractivity contribution in [2.75, 3.05) is 12.3 Å². The van der Waals surface area contributed by atoms with Crippen LogP contribution in [0.1, 0.15) is 64.2 Å². The van der Waals surface area contributed by atoms with Crippen molar-refractivity contribution in [1.29, 1.82) is 0 Å². The van der Waals surface area contributed by atoms with Gasteiger partial charge in [0.2, 0.25) is 0 Å². The maximum atomic E-state index is 10.6. The average molecular weight is 478 g/mol. The molecule has 2 aromatic carbocycles. The van der Waals surface area contributed by atoms with Crippen LogP contribution in [0, 0.1) is 0 Å². The predicted molar refractivity (Wildman–Crippen MR) is 123 cm³/mol. The molecule has 0 fully saturated rings. The van der Waals surface area contributed by atoms with Gasteiger partial charge in [-0.1, -0.05) is 120 Å². The van der Waals surface area contributed by atoms with Gasteiger partial charge < -0.3 is 14.4 Å². The molecule has 0 aliphatic rings. The Balaban J connectivity index is 0.00000450. The van der Waals surface area contributed by atoms with Crippen molar-refractivity contribution in [3.63, 3.8) is 0 Å². The van der Waals surface area contributed by atoms with Gasteiger partial charge in [-0.2, -0.15) is 0 Å². The monoisotopic (exact) mass is 478 g/mol. The van der Waals surface area contributed by atoms with Crippen LogP contribution in [-0.2, 0) is 4.57 Å². The molecule has 160 valence electrons. The minimum Gasteiger partial charge on any atom is -0.811 e. The minimum atomic E-state index is -4.29. The van der Waals surface area contributed by atoms with Crippen LogP contribution in [0.3, 0.4) is 0 Å². The van der Waals surface area contributed by atoms with Crippen LogP contribution < -0.4 is 79.5 Å². The van der Waals surface area contributed by atoms with E-state index < -0.39 is 7.60 Å². The molecule has 0 aliphatic heterocycles. The van der Waals surface area contributed by atoms with Crippen molar-refractivity contribution in [2.24, 2.45) is 0 Å². The fourth-order valence-corrected chi connectivity index (χ4v) is 6.64. The van der Waals surface area contributed by atoms with Gasteiger partial charge in [0, 0.05) is 0 Å². The molecule has 2 rings (SSSR count). The van der Waals surface area contributed by atoms with Crippen molar-refractivity contribution < 1.29 is 73.5 Å². The van der Waals surface area contributed by atoms with Crippen molar-refractivity contribution in [3.05, 3.63) is 60.7 Å². The third kappa shape index (κ3) is 15.5. The summed E-state index contributed by atoms with van der Waals surface area (Å²) in [5.74, 6) is 0. The number of hydrogen-bond acceptors (Lipinski definition) is 3. The van der Waals surface area contributed by atoms with Crippen LogP contribution in [0.2, 0.25) is 0 Å². The van der Waals surface area contributed by atoms with Crippen molar-refractivity contribution in [3.8, 4) is 0 Å². The predicted octanol–water partition coefficient (Wildman–Crippen LogP) is -1.06. The molecule has 0 spiro atoms. The number of rotatable bonds is 15. The second-order valence-electron chi connectivity index (χ2n) is 7.69. The fourth-order valence-electron chi connectivity index (χ4n) is 3.61. The molecule has 0 atom stereocenters. The zero-order chi connectivity index (χ0) is 20.8. The molecule has 0 saturated heterocycles. The molecule has 0 N–H and O–H groups in total. The van der Waals surface area contributed by atoms with E-state index in [2.05, 4.69) is 60.7 Å². The summed E-state index contributed by atoms with van der Waals surface area (Å²) in [6, 6.07) is 21.8. The van der Waals surface area contributed by atoms with E-state index in [1.165, 1.54) is 55.3 Å². The summed E-state index contributed by atoms with van der Waals surface area (Å²) < 4.78 is 10.6. The van der Waals surface area contributed by atoms with Gasteiger partial charge in [-0.15, -0.1) is 0 Å². The second kappa shape index (κ2) is 19.3. The minimum absolute atomic E-state index is 0. The molecule has 0 aliphatic carbocycles. The smallest absolute Gasteiger partial charge is 0.811 e. The van der Waals surface area contributed by atoms with Gasteiger partial charge in [0.15, 0.2) is 0 Å². The van der Waals surface area contributed by atoms with E-state index in [0.29, 0.717) is 6.42 Å². The fraction of sp³-hybridized carbons (Fsp3) is 0.500. The molecular weight excluding hydrogens is 444 g/mol. The first-order valence-corrected chi connectivity index (χ1v) is 14.2. The first-order chi connectivity index (χ1) is 14.1. The SMILES string of the molecule is O=P([O-])([O-])CCCCCCCCCCCCP(c1ccccc1)c1ccccc1.[Na+].[Na+]. The van der Waals surface area contributed by atoms with Crippen LogP contribution in [0.15, 0.2) is 60.7 Å². The van der Waals surface area contributed by atoms with Crippen LogP contribution in [-0.4, -0.2) is 12.3 Å². The van der Waals surface area contributed by atoms with E-state index in [4.69, 9.17) is 0 Å². The van der Waals surface area contributed by atoms with E-state index in [0.717, 1.165) is 19.3 Å². The largest absolute Gasteiger partial charge is 1.00 e. The molecule has 7 heteroatoms. The average Bonchev–Trinajstić information content (AvgIpc) is 2.72. The van der Waals surface area contributed by atoms with Gasteiger partial charge in [0.25, 0.3) is 0 Å². The number of hydrogen-bond donors (Lipinski definition) is 0. The van der Waals surface area contributed by atoms with Gasteiger partial charge >= 0.3 is 59.1 Å². The third-order valence-electron chi connectivity index (χ3n) is 5.20. The molecule has 0 aromatic heterocycles. The maximum Gasteiger partial charge on any atom is 1.00 e. The maximum absolute atomic E-state index is 10.6. The van der Waals surface area contributed by atoms with Crippen molar-refractivity contribution >= 4 is 26.1 Å². The van der Waals surface area contributed by atoms with Crippen molar-refractivity contribution in [2.45, 2.75) is 64.2 Å². The summed E-state index contributed by atoms with van der Waals surface area (Å²) >= 11 is 0. The van der Waals surface area contributed by atoms with Crippen LogP contribution in [0.4, 0.5) is 0 Å². The Kier molecular flexibility index (Phi) is 20.0. The molecule has 31 heavy (non-hydrogen) atoms. The zero-order valence-electron chi connectivity index (χ0n) is 19.4. The summed E-state index contributed by atoms with van der Waals surface area (Å²) in [5.41, 5.74) is 0. The Morgan fingerprint density at radius 3 is 1.32 bits per heavy atom. The van der Waals surface area contributed by atoms with Crippen LogP contribution in [0.5, 0.6) is 0 Å². The summed E-state index contributed by atoms with van der Waals surface area (Å²) in [5, 5.41) is 2.94. The van der Waals surface area contributed by atoms with Crippen molar-refractivity contribution in [1.82, 2.24) is 0 Å². The van der Waals surface area contributed by atoms with E-state index in [1.54, 1.807) is 0 Å². The summed E-state index contributed by atoms with van der Waals surface area (Å²) in [4.78, 5) is 21.1. The Hall–Kier alpha value is 1.02. The third-order valence-corrected chi connectivity index (χ3v) is 8.67. The Morgan fingerprint density at radius 1 is 0.581 bits per heavy atom. The van der Waals surface area contributed by atoms with E-state index in [-0.39, 0.29) is 73.2 Å². The zero-order valence-corrected chi connectivity index (χ0v) is 25.2. The molecule has 3 nitrogen and oxygen atoms in total. The van der Waals surface area contributed by atoms with E-state index in [9.17, 15) is 14.4 Å². The molecule has 0 radical (unpaired) electrons. The molecule has 0 bridgehead atoms. The molecule has 2 aromatic rings. The number of unbranched alkanes of at least 4 members (excludes halogenated alkanes) is 9. The van der Waals surface area contributed by atoms with Crippen LogP contribution >= 0.6 is 15.5 Å². The summed E-state index contributed by atoms with van der Waals surface area (Å²) in [6.45, 7) is 0. The second-order valence-corrected chi connectivity index (χ2v) is 11.7. The summed E-state index contributed by atoms with van der Waals surface area (Å²) in [7, 11) is -4.55. The van der Waals surface area contributed by atoms with E-state index >= 15 is 0 Å². The standard InChI is InChI=1S/C24H36O3P2.2Na/c25-29(26,27)22-16-8-6-4-2-1-3-5-7-15-21-28(23-17-11-9-12-18-23)24-19-13-10-14-20-24;;/h9-14,17-20H,1-8,15-16,21-22H2,(H2,25,26,27);;/q;2*+1/p-2. The summed E-state index contributed by atoms with van der Waals surface area (Å²) in [6.07, 6.45) is 12.3. The normalized spacial score (nSPS) is 11.1. The number of benzene rings is 2. The molecular formula is C24H34Na2O3P2.